The molecule has 0 aliphatic carbocycles. The number of nitrogens with two attached hydrogens (primary N) is 1. The highest BCUT2D eigenvalue weighted by molar-refractivity contribution is 5.43. The lowest BCUT2D eigenvalue weighted by Crippen LogP contribution is -2.06. The molecule has 0 radical (unpaired) electrons. The van der Waals surface area contributed by atoms with Gasteiger partial charge in [0.2, 0.25) is 0 Å². The molecule has 0 saturated carbocycles. The van der Waals surface area contributed by atoms with Gasteiger partial charge >= 0.3 is 0 Å². The van der Waals surface area contributed by atoms with E-state index in [9.17, 15) is 0 Å². The van der Waals surface area contributed by atoms with Crippen LogP contribution in [0.1, 0.15) is 18.7 Å². The van der Waals surface area contributed by atoms with Gasteiger partial charge in [0.25, 0.3) is 0 Å². The van der Waals surface area contributed by atoms with Crippen molar-refractivity contribution in [2.24, 2.45) is 5.73 Å². The number of methoxy groups -OCH3 is 2. The zero-order valence-corrected chi connectivity index (χ0v) is 11.8. The summed E-state index contributed by atoms with van der Waals surface area (Å²) in [5, 5.41) is 0. The number of pyridine rings is 1. The Bertz CT molecular complexity index is 546. The van der Waals surface area contributed by atoms with Crippen LogP contribution in [0.5, 0.6) is 23.0 Å². The number of hydrogen-bond acceptors (Lipinski definition) is 5. The molecule has 0 bridgehead atoms. The first-order valence-electron chi connectivity index (χ1n) is 6.25. The van der Waals surface area contributed by atoms with E-state index >= 15 is 0 Å². The Morgan fingerprint density at radius 1 is 0.950 bits per heavy atom. The lowest BCUT2D eigenvalue weighted by Gasteiger charge is -2.10. The summed E-state index contributed by atoms with van der Waals surface area (Å²) in [6.45, 7) is 1.88. The van der Waals surface area contributed by atoms with E-state index in [1.165, 1.54) is 0 Å². The highest BCUT2D eigenvalue weighted by atomic mass is 16.5. The Kier molecular flexibility index (Phi) is 4.42. The van der Waals surface area contributed by atoms with Crippen LogP contribution < -0.4 is 19.9 Å². The molecule has 0 aliphatic heterocycles. The molecule has 0 fully saturated rings. The number of rotatable bonds is 5. The molecule has 5 heteroatoms. The minimum absolute atomic E-state index is 0.0963. The molecule has 1 heterocycles. The summed E-state index contributed by atoms with van der Waals surface area (Å²) >= 11 is 0. The van der Waals surface area contributed by atoms with Gasteiger partial charge in [0.15, 0.2) is 0 Å². The summed E-state index contributed by atoms with van der Waals surface area (Å²) in [7, 11) is 3.19. The summed E-state index contributed by atoms with van der Waals surface area (Å²) in [5.41, 5.74) is 6.58. The van der Waals surface area contributed by atoms with Gasteiger partial charge in [0.05, 0.1) is 26.1 Å². The minimum Gasteiger partial charge on any atom is -0.496 e. The average molecular weight is 274 g/mol. The Balaban J connectivity index is 2.20. The van der Waals surface area contributed by atoms with Crippen LogP contribution in [-0.4, -0.2) is 19.2 Å². The van der Waals surface area contributed by atoms with Gasteiger partial charge in [-0.2, -0.15) is 0 Å². The quantitative estimate of drug-likeness (QED) is 0.908. The van der Waals surface area contributed by atoms with E-state index in [1.54, 1.807) is 38.6 Å². The fourth-order valence-corrected chi connectivity index (χ4v) is 1.70. The molecule has 0 aliphatic rings. The van der Waals surface area contributed by atoms with Crippen LogP contribution in [0.3, 0.4) is 0 Å². The lowest BCUT2D eigenvalue weighted by molar-refractivity contribution is 0.386. The van der Waals surface area contributed by atoms with Crippen molar-refractivity contribution in [1.82, 2.24) is 4.98 Å². The van der Waals surface area contributed by atoms with E-state index in [2.05, 4.69) is 4.98 Å². The van der Waals surface area contributed by atoms with Crippen LogP contribution in [0.15, 0.2) is 36.5 Å². The topological polar surface area (TPSA) is 66.6 Å². The molecule has 1 aromatic carbocycles. The predicted molar refractivity (Wildman–Crippen MR) is 76.5 cm³/mol. The van der Waals surface area contributed by atoms with E-state index < -0.39 is 0 Å². The minimum atomic E-state index is -0.0963. The van der Waals surface area contributed by atoms with Gasteiger partial charge < -0.3 is 19.9 Å². The molecule has 5 nitrogen and oxygen atoms in total. The van der Waals surface area contributed by atoms with E-state index in [1.807, 2.05) is 19.1 Å². The van der Waals surface area contributed by atoms with E-state index in [-0.39, 0.29) is 6.04 Å². The van der Waals surface area contributed by atoms with Crippen molar-refractivity contribution in [2.75, 3.05) is 14.2 Å². The van der Waals surface area contributed by atoms with E-state index in [0.717, 1.165) is 5.69 Å². The molecule has 1 atom stereocenters. The Hall–Kier alpha value is -2.27. The maximum atomic E-state index is 5.76. The first-order chi connectivity index (χ1) is 9.62. The maximum absolute atomic E-state index is 5.76. The summed E-state index contributed by atoms with van der Waals surface area (Å²) < 4.78 is 16.1. The fourth-order valence-electron chi connectivity index (χ4n) is 1.70. The standard InChI is InChI=1S/C15H18N2O3/c1-10(16)15-5-4-11(9-17-15)20-14-7-12(18-2)6-13(8-14)19-3/h4-10H,16H2,1-3H3/t10-/m1/s1. The molecule has 0 spiro atoms. The third kappa shape index (κ3) is 3.39. The highest BCUT2D eigenvalue weighted by Crippen LogP contribution is 2.30. The van der Waals surface area contributed by atoms with Gasteiger partial charge in [-0.05, 0) is 19.1 Å². The maximum Gasteiger partial charge on any atom is 0.145 e. The van der Waals surface area contributed by atoms with Gasteiger partial charge in [-0.3, -0.25) is 4.98 Å². The Labute approximate surface area is 118 Å². The van der Waals surface area contributed by atoms with Crippen LogP contribution >= 0.6 is 0 Å². The van der Waals surface area contributed by atoms with Crippen molar-refractivity contribution < 1.29 is 14.2 Å². The van der Waals surface area contributed by atoms with Crippen LogP contribution in [0, 0.1) is 0 Å². The van der Waals surface area contributed by atoms with Crippen LogP contribution in [0.2, 0.25) is 0 Å². The van der Waals surface area contributed by atoms with Crippen molar-refractivity contribution in [3.63, 3.8) is 0 Å². The molecule has 2 N–H and O–H groups in total. The number of ether oxygens (including phenoxy) is 3. The zero-order valence-electron chi connectivity index (χ0n) is 11.8. The van der Waals surface area contributed by atoms with Crippen molar-refractivity contribution >= 4 is 0 Å². The van der Waals surface area contributed by atoms with Gasteiger partial charge in [0.1, 0.15) is 23.0 Å². The van der Waals surface area contributed by atoms with E-state index in [0.29, 0.717) is 23.0 Å². The SMILES string of the molecule is COc1cc(OC)cc(Oc2ccc([C@@H](C)N)nc2)c1. The second-order valence-corrected chi connectivity index (χ2v) is 4.36. The third-order valence-corrected chi connectivity index (χ3v) is 2.79. The first kappa shape index (κ1) is 14.1. The number of nitrogens with zero attached hydrogens (tertiary/aromatic N) is 1. The molecular weight excluding hydrogens is 256 g/mol. The average Bonchev–Trinajstić information content (AvgIpc) is 2.47. The number of benzene rings is 1. The molecular formula is C15H18N2O3. The van der Waals surface area contributed by atoms with Crippen molar-refractivity contribution in [1.29, 1.82) is 0 Å². The molecule has 0 unspecified atom stereocenters. The summed E-state index contributed by atoms with van der Waals surface area (Å²) in [6, 6.07) is 8.92. The molecule has 2 rings (SSSR count). The fraction of sp³-hybridized carbons (Fsp3) is 0.267. The monoisotopic (exact) mass is 274 g/mol. The molecule has 20 heavy (non-hydrogen) atoms. The number of aromatic nitrogens is 1. The lowest BCUT2D eigenvalue weighted by atomic mass is 10.2. The normalized spacial score (nSPS) is 11.8. The molecule has 2 aromatic rings. The van der Waals surface area contributed by atoms with Gasteiger partial charge in [-0.25, -0.2) is 0 Å². The smallest absolute Gasteiger partial charge is 0.145 e. The predicted octanol–water partition coefficient (Wildman–Crippen LogP) is 2.91. The van der Waals surface area contributed by atoms with Crippen molar-refractivity contribution in [2.45, 2.75) is 13.0 Å². The second-order valence-electron chi connectivity index (χ2n) is 4.36. The summed E-state index contributed by atoms with van der Waals surface area (Å²) in [4.78, 5) is 4.25. The van der Waals surface area contributed by atoms with Gasteiger partial charge in [-0.15, -0.1) is 0 Å². The molecule has 106 valence electrons. The highest BCUT2D eigenvalue weighted by Gasteiger charge is 2.06. The third-order valence-electron chi connectivity index (χ3n) is 2.79. The summed E-state index contributed by atoms with van der Waals surface area (Å²) in [5.74, 6) is 2.58. The molecule has 1 aromatic heterocycles. The second kappa shape index (κ2) is 6.25. The van der Waals surface area contributed by atoms with Crippen molar-refractivity contribution in [3.05, 3.63) is 42.2 Å². The zero-order chi connectivity index (χ0) is 14.5. The van der Waals surface area contributed by atoms with Crippen LogP contribution in [0.25, 0.3) is 0 Å². The molecule has 0 saturated heterocycles. The Morgan fingerprint density at radius 3 is 2.00 bits per heavy atom. The first-order valence-corrected chi connectivity index (χ1v) is 6.25. The molecule has 0 amide bonds. The van der Waals surface area contributed by atoms with E-state index in [4.69, 9.17) is 19.9 Å². The van der Waals surface area contributed by atoms with Crippen LogP contribution in [-0.2, 0) is 0 Å². The number of hydrogen-bond donors (Lipinski definition) is 1. The Morgan fingerprint density at radius 2 is 1.55 bits per heavy atom. The largest absolute Gasteiger partial charge is 0.496 e. The van der Waals surface area contributed by atoms with Gasteiger partial charge in [0, 0.05) is 24.2 Å². The summed E-state index contributed by atoms with van der Waals surface area (Å²) in [6.07, 6.45) is 1.64. The van der Waals surface area contributed by atoms with Crippen LogP contribution in [0.4, 0.5) is 0 Å². The van der Waals surface area contributed by atoms with Crippen molar-refractivity contribution in [3.8, 4) is 23.0 Å². The van der Waals surface area contributed by atoms with Gasteiger partial charge in [-0.1, -0.05) is 0 Å².